The van der Waals surface area contributed by atoms with E-state index in [-0.39, 0.29) is 23.6 Å². The zero-order valence-corrected chi connectivity index (χ0v) is 13.6. The molecule has 0 saturated carbocycles. The second kappa shape index (κ2) is 7.80. The molecule has 2 N–H and O–H groups in total. The van der Waals surface area contributed by atoms with Gasteiger partial charge in [0.1, 0.15) is 0 Å². The number of aryl methyl sites for hydroxylation is 1. The molecule has 0 aliphatic carbocycles. The van der Waals surface area contributed by atoms with E-state index in [9.17, 15) is 14.4 Å². The Morgan fingerprint density at radius 3 is 2.61 bits per heavy atom. The van der Waals surface area contributed by atoms with E-state index in [1.807, 2.05) is 6.92 Å². The van der Waals surface area contributed by atoms with Crippen molar-refractivity contribution in [3.05, 3.63) is 33.7 Å². The van der Waals surface area contributed by atoms with Crippen LogP contribution in [0.3, 0.4) is 0 Å². The van der Waals surface area contributed by atoms with E-state index in [2.05, 4.69) is 10.3 Å². The number of amides is 2. The summed E-state index contributed by atoms with van der Waals surface area (Å²) in [5, 5.41) is 2.98. The predicted molar refractivity (Wildman–Crippen MR) is 85.5 cm³/mol. The van der Waals surface area contributed by atoms with Crippen LogP contribution in [0, 0.1) is 0 Å². The van der Waals surface area contributed by atoms with Crippen molar-refractivity contribution < 1.29 is 14.3 Å². The molecule has 0 unspecified atom stereocenters. The van der Waals surface area contributed by atoms with E-state index in [0.29, 0.717) is 50.2 Å². The Balaban J connectivity index is 1.93. The van der Waals surface area contributed by atoms with Crippen molar-refractivity contribution in [3.63, 3.8) is 0 Å². The number of H-pyrrole nitrogens is 1. The monoisotopic (exact) mass is 321 g/mol. The topological polar surface area (TPSA) is 91.5 Å². The van der Waals surface area contributed by atoms with Gasteiger partial charge in [0.2, 0.25) is 5.56 Å². The van der Waals surface area contributed by atoms with Gasteiger partial charge in [-0.1, -0.05) is 6.92 Å². The number of aromatic amines is 1. The minimum Gasteiger partial charge on any atom is -0.450 e. The molecule has 23 heavy (non-hydrogen) atoms. The van der Waals surface area contributed by atoms with Gasteiger partial charge in [-0.3, -0.25) is 9.59 Å². The number of nitrogens with one attached hydrogen (secondary N) is 2. The fourth-order valence-electron chi connectivity index (χ4n) is 2.69. The molecule has 1 aromatic heterocycles. The van der Waals surface area contributed by atoms with Crippen molar-refractivity contribution in [1.82, 2.24) is 15.2 Å². The number of ether oxygens (including phenoxy) is 1. The van der Waals surface area contributed by atoms with Gasteiger partial charge in [0.25, 0.3) is 5.91 Å². The first-order chi connectivity index (χ1) is 11.0. The molecule has 0 radical (unpaired) electrons. The molecule has 1 aromatic rings. The molecule has 0 atom stereocenters. The Morgan fingerprint density at radius 2 is 2.00 bits per heavy atom. The zero-order chi connectivity index (χ0) is 16.8. The smallest absolute Gasteiger partial charge is 0.409 e. The second-order valence-corrected chi connectivity index (χ2v) is 5.50. The molecule has 7 heteroatoms. The molecule has 126 valence electrons. The standard InChI is InChI=1S/C16H23N3O4/c1-3-13-12(5-6-14(20)18-13)15(21)17-11-7-9-19(10-8-11)16(22)23-4-2/h5-6,11H,3-4,7-10H2,1-2H3,(H,17,21)(H,18,20). The lowest BCUT2D eigenvalue weighted by Gasteiger charge is -2.31. The van der Waals surface area contributed by atoms with Crippen molar-refractivity contribution in [1.29, 1.82) is 0 Å². The SMILES string of the molecule is CCOC(=O)N1CCC(NC(=O)c2ccc(=O)[nH]c2CC)CC1. The Morgan fingerprint density at radius 1 is 1.30 bits per heavy atom. The Kier molecular flexibility index (Phi) is 5.78. The van der Waals surface area contributed by atoms with E-state index < -0.39 is 0 Å². The number of likely N-dealkylation sites (tertiary alicyclic amines) is 1. The van der Waals surface area contributed by atoms with Gasteiger partial charge in [-0.2, -0.15) is 0 Å². The summed E-state index contributed by atoms with van der Waals surface area (Å²) < 4.78 is 4.97. The molecule has 2 amide bonds. The lowest BCUT2D eigenvalue weighted by Crippen LogP contribution is -2.46. The van der Waals surface area contributed by atoms with Crippen LogP contribution in [-0.2, 0) is 11.2 Å². The molecule has 7 nitrogen and oxygen atoms in total. The normalized spacial score (nSPS) is 15.3. The number of hydrogen-bond donors (Lipinski definition) is 2. The van der Waals surface area contributed by atoms with E-state index in [1.165, 1.54) is 6.07 Å². The summed E-state index contributed by atoms with van der Waals surface area (Å²) in [6, 6.07) is 2.93. The van der Waals surface area contributed by atoms with Crippen LogP contribution in [0.25, 0.3) is 0 Å². The van der Waals surface area contributed by atoms with Crippen LogP contribution in [0.2, 0.25) is 0 Å². The molecule has 0 aromatic carbocycles. The summed E-state index contributed by atoms with van der Waals surface area (Å²) in [5.74, 6) is -0.187. The fourth-order valence-corrected chi connectivity index (χ4v) is 2.69. The first-order valence-electron chi connectivity index (χ1n) is 7.99. The van der Waals surface area contributed by atoms with Crippen LogP contribution < -0.4 is 10.9 Å². The number of aromatic nitrogens is 1. The highest BCUT2D eigenvalue weighted by atomic mass is 16.6. The first-order valence-corrected chi connectivity index (χ1v) is 7.99. The van der Waals surface area contributed by atoms with Crippen LogP contribution in [-0.4, -0.2) is 47.6 Å². The summed E-state index contributed by atoms with van der Waals surface area (Å²) in [7, 11) is 0. The maximum Gasteiger partial charge on any atom is 0.409 e. The number of nitrogens with zero attached hydrogens (tertiary/aromatic N) is 1. The average Bonchev–Trinajstić information content (AvgIpc) is 2.55. The maximum atomic E-state index is 12.4. The maximum absolute atomic E-state index is 12.4. The number of hydrogen-bond acceptors (Lipinski definition) is 4. The molecule has 1 aliphatic rings. The third-order valence-corrected chi connectivity index (χ3v) is 3.95. The highest BCUT2D eigenvalue weighted by Crippen LogP contribution is 2.13. The number of carbonyl (C=O) groups is 2. The third-order valence-electron chi connectivity index (χ3n) is 3.95. The lowest BCUT2D eigenvalue weighted by atomic mass is 10.0. The Labute approximate surface area is 135 Å². The summed E-state index contributed by atoms with van der Waals surface area (Å²) in [6.45, 7) is 5.16. The van der Waals surface area contributed by atoms with E-state index in [0.717, 1.165) is 0 Å². The van der Waals surface area contributed by atoms with Crippen molar-refractivity contribution in [2.75, 3.05) is 19.7 Å². The van der Waals surface area contributed by atoms with Gasteiger partial charge in [0.15, 0.2) is 0 Å². The number of pyridine rings is 1. The van der Waals surface area contributed by atoms with Crippen molar-refractivity contribution in [2.24, 2.45) is 0 Å². The summed E-state index contributed by atoms with van der Waals surface area (Å²) in [6.07, 6.45) is 1.66. The number of rotatable bonds is 4. The molecular formula is C16H23N3O4. The Hall–Kier alpha value is -2.31. The lowest BCUT2D eigenvalue weighted by molar-refractivity contribution is 0.0859. The minimum atomic E-state index is -0.300. The zero-order valence-electron chi connectivity index (χ0n) is 13.6. The van der Waals surface area contributed by atoms with E-state index >= 15 is 0 Å². The Bertz CT molecular complexity index is 618. The van der Waals surface area contributed by atoms with Gasteiger partial charge >= 0.3 is 6.09 Å². The van der Waals surface area contributed by atoms with Crippen LogP contribution in [0.1, 0.15) is 42.7 Å². The summed E-state index contributed by atoms with van der Waals surface area (Å²) in [5.41, 5.74) is 0.931. The van der Waals surface area contributed by atoms with Crippen LogP contribution in [0.4, 0.5) is 4.79 Å². The first kappa shape index (κ1) is 17.1. The van der Waals surface area contributed by atoms with Crippen LogP contribution in [0.5, 0.6) is 0 Å². The highest BCUT2D eigenvalue weighted by Gasteiger charge is 2.25. The van der Waals surface area contributed by atoms with Crippen molar-refractivity contribution in [3.8, 4) is 0 Å². The van der Waals surface area contributed by atoms with Gasteiger partial charge in [0, 0.05) is 30.9 Å². The fraction of sp³-hybridized carbons (Fsp3) is 0.562. The predicted octanol–water partition coefficient (Wildman–Crippen LogP) is 1.29. The van der Waals surface area contributed by atoms with Gasteiger partial charge in [0.05, 0.1) is 12.2 Å². The molecule has 0 bridgehead atoms. The number of piperidine rings is 1. The van der Waals surface area contributed by atoms with E-state index in [1.54, 1.807) is 17.9 Å². The highest BCUT2D eigenvalue weighted by molar-refractivity contribution is 5.95. The molecular weight excluding hydrogens is 298 g/mol. The number of carbonyl (C=O) groups excluding carboxylic acids is 2. The minimum absolute atomic E-state index is 0.0183. The average molecular weight is 321 g/mol. The van der Waals surface area contributed by atoms with Gasteiger partial charge < -0.3 is 19.9 Å². The quantitative estimate of drug-likeness (QED) is 0.874. The van der Waals surface area contributed by atoms with Crippen molar-refractivity contribution >= 4 is 12.0 Å². The summed E-state index contributed by atoms with van der Waals surface area (Å²) >= 11 is 0. The van der Waals surface area contributed by atoms with Gasteiger partial charge in [-0.25, -0.2) is 4.79 Å². The third kappa shape index (κ3) is 4.34. The molecule has 2 heterocycles. The largest absolute Gasteiger partial charge is 0.450 e. The molecule has 1 saturated heterocycles. The molecule has 0 spiro atoms. The van der Waals surface area contributed by atoms with Gasteiger partial charge in [-0.05, 0) is 32.3 Å². The molecule has 2 rings (SSSR count). The summed E-state index contributed by atoms with van der Waals surface area (Å²) in [4.78, 5) is 39.7. The van der Waals surface area contributed by atoms with Crippen LogP contribution in [0.15, 0.2) is 16.9 Å². The second-order valence-electron chi connectivity index (χ2n) is 5.50. The molecule has 1 aliphatic heterocycles. The van der Waals surface area contributed by atoms with Crippen LogP contribution >= 0.6 is 0 Å². The van der Waals surface area contributed by atoms with Gasteiger partial charge in [-0.15, -0.1) is 0 Å². The molecule has 1 fully saturated rings. The van der Waals surface area contributed by atoms with Crippen molar-refractivity contribution in [2.45, 2.75) is 39.2 Å². The van der Waals surface area contributed by atoms with E-state index in [4.69, 9.17) is 4.74 Å².